The lowest BCUT2D eigenvalue weighted by Crippen LogP contribution is -2.32. The highest BCUT2D eigenvalue weighted by molar-refractivity contribution is 5.31. The minimum atomic E-state index is -0.326. The second-order valence-corrected chi connectivity index (χ2v) is 6.12. The Morgan fingerprint density at radius 3 is 2.65 bits per heavy atom. The molecule has 2 heterocycles. The van der Waals surface area contributed by atoms with Crippen molar-refractivity contribution in [2.45, 2.75) is 38.3 Å². The Labute approximate surface area is 122 Å². The Morgan fingerprint density at radius 2 is 2.15 bits per heavy atom. The fourth-order valence-electron chi connectivity index (χ4n) is 2.70. The molecule has 0 radical (unpaired) electrons. The van der Waals surface area contributed by atoms with Gasteiger partial charge in [-0.2, -0.15) is 0 Å². The van der Waals surface area contributed by atoms with Gasteiger partial charge in [-0.15, -0.1) is 0 Å². The van der Waals surface area contributed by atoms with Gasteiger partial charge in [0.1, 0.15) is 5.60 Å². The van der Waals surface area contributed by atoms with Crippen LogP contribution in [-0.2, 0) is 21.6 Å². The largest absolute Gasteiger partial charge is 0.378 e. The summed E-state index contributed by atoms with van der Waals surface area (Å²) in [7, 11) is 5.90. The number of aromatic nitrogens is 1. The molecule has 0 amide bonds. The molecule has 1 aliphatic heterocycles. The van der Waals surface area contributed by atoms with Crippen molar-refractivity contribution >= 4 is 0 Å². The predicted octanol–water partition coefficient (Wildman–Crippen LogP) is 2.53. The first-order valence-corrected chi connectivity index (χ1v) is 7.26. The van der Waals surface area contributed by atoms with E-state index in [1.165, 1.54) is 5.56 Å². The average Bonchev–Trinajstić information content (AvgIpc) is 2.87. The van der Waals surface area contributed by atoms with Crippen LogP contribution >= 0.6 is 0 Å². The van der Waals surface area contributed by atoms with E-state index in [4.69, 9.17) is 14.5 Å². The maximum Gasteiger partial charge on any atom is 0.120 e. The smallest absolute Gasteiger partial charge is 0.120 e. The van der Waals surface area contributed by atoms with Gasteiger partial charge in [0.05, 0.1) is 12.3 Å². The number of hydrogen-bond acceptors (Lipinski definition) is 4. The Kier molecular flexibility index (Phi) is 4.78. The third-order valence-electron chi connectivity index (χ3n) is 3.92. The summed E-state index contributed by atoms with van der Waals surface area (Å²) >= 11 is 0. The molecular formula is C16H26N2O2. The number of pyridine rings is 1. The van der Waals surface area contributed by atoms with Gasteiger partial charge < -0.3 is 14.4 Å². The van der Waals surface area contributed by atoms with E-state index < -0.39 is 0 Å². The summed E-state index contributed by atoms with van der Waals surface area (Å²) in [5, 5.41) is 0. The van der Waals surface area contributed by atoms with E-state index in [2.05, 4.69) is 45.0 Å². The summed E-state index contributed by atoms with van der Waals surface area (Å²) in [6.07, 6.45) is 0.895. The van der Waals surface area contributed by atoms with Crippen molar-refractivity contribution in [2.24, 2.45) is 0 Å². The number of nitrogens with zero attached hydrogens (tertiary/aromatic N) is 2. The van der Waals surface area contributed by atoms with Crippen LogP contribution in [0.4, 0.5) is 0 Å². The van der Waals surface area contributed by atoms with E-state index in [-0.39, 0.29) is 5.60 Å². The Hall–Kier alpha value is -0.970. The Balaban J connectivity index is 2.45. The van der Waals surface area contributed by atoms with Crippen LogP contribution < -0.4 is 0 Å². The first-order chi connectivity index (χ1) is 9.48. The molecule has 0 aliphatic carbocycles. The van der Waals surface area contributed by atoms with Gasteiger partial charge in [-0.3, -0.25) is 4.98 Å². The molecular weight excluding hydrogens is 252 g/mol. The first kappa shape index (κ1) is 15.4. The number of ether oxygens (including phenoxy) is 2. The minimum absolute atomic E-state index is 0.326. The van der Waals surface area contributed by atoms with Crippen molar-refractivity contribution in [2.75, 3.05) is 34.4 Å². The molecule has 1 aromatic heterocycles. The highest BCUT2D eigenvalue weighted by Gasteiger charge is 2.39. The molecule has 0 saturated carbocycles. The maximum atomic E-state index is 5.82. The van der Waals surface area contributed by atoms with E-state index in [9.17, 15) is 0 Å². The van der Waals surface area contributed by atoms with Crippen LogP contribution in [0, 0.1) is 0 Å². The lowest BCUT2D eigenvalue weighted by atomic mass is 9.90. The standard InChI is InChI=1S/C16H26N2O2/c1-12(2)14-7-6-13(15(17-14)10-18(3)4)16(19-5)8-9-20-11-16/h6-7,12H,8-11H2,1-5H3/t16-/m0/s1. The van der Waals surface area contributed by atoms with Gasteiger partial charge in [0.25, 0.3) is 0 Å². The quantitative estimate of drug-likeness (QED) is 0.829. The van der Waals surface area contributed by atoms with Crippen molar-refractivity contribution in [3.8, 4) is 0 Å². The molecule has 0 unspecified atom stereocenters. The average molecular weight is 278 g/mol. The minimum Gasteiger partial charge on any atom is -0.378 e. The molecule has 20 heavy (non-hydrogen) atoms. The summed E-state index contributed by atoms with van der Waals surface area (Å²) in [6, 6.07) is 4.30. The van der Waals surface area contributed by atoms with Crippen LogP contribution in [0.5, 0.6) is 0 Å². The third-order valence-corrected chi connectivity index (χ3v) is 3.92. The summed E-state index contributed by atoms with van der Waals surface area (Å²) in [4.78, 5) is 7.02. The van der Waals surface area contributed by atoms with Crippen LogP contribution in [0.2, 0.25) is 0 Å². The van der Waals surface area contributed by atoms with E-state index in [0.29, 0.717) is 12.5 Å². The molecule has 1 aliphatic rings. The van der Waals surface area contributed by atoms with E-state index in [1.54, 1.807) is 7.11 Å². The molecule has 1 fully saturated rings. The van der Waals surface area contributed by atoms with E-state index in [0.717, 1.165) is 31.0 Å². The molecule has 0 N–H and O–H groups in total. The van der Waals surface area contributed by atoms with E-state index in [1.807, 2.05) is 0 Å². The van der Waals surface area contributed by atoms with Gasteiger partial charge in [-0.05, 0) is 26.1 Å². The number of methoxy groups -OCH3 is 1. The molecule has 0 bridgehead atoms. The zero-order chi connectivity index (χ0) is 14.8. The summed E-state index contributed by atoms with van der Waals surface area (Å²) in [5.41, 5.74) is 3.09. The topological polar surface area (TPSA) is 34.6 Å². The predicted molar refractivity (Wildman–Crippen MR) is 79.8 cm³/mol. The fourth-order valence-corrected chi connectivity index (χ4v) is 2.70. The zero-order valence-electron chi connectivity index (χ0n) is 13.3. The first-order valence-electron chi connectivity index (χ1n) is 7.26. The number of hydrogen-bond donors (Lipinski definition) is 0. The second-order valence-electron chi connectivity index (χ2n) is 6.12. The maximum absolute atomic E-state index is 5.82. The summed E-state index contributed by atoms with van der Waals surface area (Å²) < 4.78 is 11.4. The van der Waals surface area contributed by atoms with Gasteiger partial charge in [0.2, 0.25) is 0 Å². The molecule has 112 valence electrons. The molecule has 0 spiro atoms. The van der Waals surface area contributed by atoms with Gasteiger partial charge in [0.15, 0.2) is 0 Å². The van der Waals surface area contributed by atoms with Gasteiger partial charge in [-0.1, -0.05) is 19.9 Å². The number of rotatable bonds is 5. The fraction of sp³-hybridized carbons (Fsp3) is 0.688. The van der Waals surface area contributed by atoms with Crippen molar-refractivity contribution in [1.82, 2.24) is 9.88 Å². The van der Waals surface area contributed by atoms with Gasteiger partial charge in [-0.25, -0.2) is 0 Å². The summed E-state index contributed by atoms with van der Waals surface area (Å²) in [6.45, 7) is 6.53. The molecule has 4 heteroatoms. The summed E-state index contributed by atoms with van der Waals surface area (Å²) in [5.74, 6) is 0.434. The monoisotopic (exact) mass is 278 g/mol. The van der Waals surface area contributed by atoms with Gasteiger partial charge >= 0.3 is 0 Å². The van der Waals surface area contributed by atoms with Crippen LogP contribution in [-0.4, -0.2) is 44.3 Å². The van der Waals surface area contributed by atoms with Crippen molar-refractivity contribution in [1.29, 1.82) is 0 Å². The molecule has 4 nitrogen and oxygen atoms in total. The van der Waals surface area contributed by atoms with E-state index >= 15 is 0 Å². The van der Waals surface area contributed by atoms with Crippen LogP contribution in [0.15, 0.2) is 12.1 Å². The van der Waals surface area contributed by atoms with Crippen LogP contribution in [0.1, 0.15) is 43.1 Å². The van der Waals surface area contributed by atoms with Crippen LogP contribution in [0.3, 0.4) is 0 Å². The molecule has 1 saturated heterocycles. The highest BCUT2D eigenvalue weighted by atomic mass is 16.5. The molecule has 0 aromatic carbocycles. The van der Waals surface area contributed by atoms with Gasteiger partial charge in [0, 0.05) is 37.9 Å². The lowest BCUT2D eigenvalue weighted by molar-refractivity contribution is -0.0226. The molecule has 1 aromatic rings. The normalized spacial score (nSPS) is 22.9. The van der Waals surface area contributed by atoms with Crippen molar-refractivity contribution < 1.29 is 9.47 Å². The molecule has 2 rings (SSSR count). The van der Waals surface area contributed by atoms with Crippen LogP contribution in [0.25, 0.3) is 0 Å². The highest BCUT2D eigenvalue weighted by Crippen LogP contribution is 2.36. The Morgan fingerprint density at radius 1 is 1.40 bits per heavy atom. The zero-order valence-corrected chi connectivity index (χ0v) is 13.3. The lowest BCUT2D eigenvalue weighted by Gasteiger charge is -2.29. The Bertz CT molecular complexity index is 452. The second kappa shape index (κ2) is 6.20. The van der Waals surface area contributed by atoms with Crippen molar-refractivity contribution in [3.05, 3.63) is 29.1 Å². The molecule has 1 atom stereocenters. The third kappa shape index (κ3) is 3.03. The van der Waals surface area contributed by atoms with Crippen molar-refractivity contribution in [3.63, 3.8) is 0 Å². The SMILES string of the molecule is CO[C@@]1(c2ccc(C(C)C)nc2CN(C)C)CCOC1.